The van der Waals surface area contributed by atoms with E-state index in [1.807, 2.05) is 36.5 Å². The van der Waals surface area contributed by atoms with Crippen LogP contribution >= 0.6 is 0 Å². The van der Waals surface area contributed by atoms with Gasteiger partial charge in [-0.1, -0.05) is 6.07 Å². The molecule has 3 heterocycles. The van der Waals surface area contributed by atoms with E-state index in [1.165, 1.54) is 42.1 Å². The van der Waals surface area contributed by atoms with Crippen molar-refractivity contribution in [1.29, 1.82) is 5.26 Å². The standard InChI is InChI=1S/C32H36N6O/c1-35(2)32(39)25-18-24-5-4-12-34-31(24)30(19-25)38-15-13-37(14-16-38)26-9-7-23(8-10-26)28-21-36(3)29-11-6-22(20-33)17-27(28)29/h4-6,11-12,17-19,21,23,26H,7-10,13-16H2,1-3H3. The number of aromatic nitrogens is 2. The molecule has 6 rings (SSSR count). The van der Waals surface area contributed by atoms with Crippen LogP contribution in [0.3, 0.4) is 0 Å². The van der Waals surface area contributed by atoms with Crippen molar-refractivity contribution in [2.45, 2.75) is 37.6 Å². The Morgan fingerprint density at radius 1 is 1.03 bits per heavy atom. The van der Waals surface area contributed by atoms with Crippen LogP contribution in [-0.2, 0) is 7.05 Å². The molecule has 2 fully saturated rings. The monoisotopic (exact) mass is 520 g/mol. The third-order valence-electron chi connectivity index (χ3n) is 8.80. The van der Waals surface area contributed by atoms with Crippen LogP contribution in [0.25, 0.3) is 21.8 Å². The molecular weight excluding hydrogens is 484 g/mol. The van der Waals surface area contributed by atoms with Gasteiger partial charge < -0.3 is 14.4 Å². The van der Waals surface area contributed by atoms with Crippen molar-refractivity contribution < 1.29 is 4.79 Å². The zero-order chi connectivity index (χ0) is 27.1. The molecule has 200 valence electrons. The van der Waals surface area contributed by atoms with E-state index in [2.05, 4.69) is 50.8 Å². The van der Waals surface area contributed by atoms with Crippen LogP contribution < -0.4 is 4.90 Å². The van der Waals surface area contributed by atoms with E-state index >= 15 is 0 Å². The highest BCUT2D eigenvalue weighted by Crippen LogP contribution is 2.39. The number of hydrogen-bond acceptors (Lipinski definition) is 5. The van der Waals surface area contributed by atoms with Gasteiger partial charge in [-0.15, -0.1) is 0 Å². The normalized spacial score (nSPS) is 20.3. The lowest BCUT2D eigenvalue weighted by Crippen LogP contribution is -2.51. The quantitative estimate of drug-likeness (QED) is 0.372. The SMILES string of the molecule is CN(C)C(=O)c1cc(N2CCN(C3CCC(c4cn(C)c5ccc(C#N)cc45)CC3)CC2)c2ncccc2c1. The molecule has 1 aliphatic carbocycles. The topological polar surface area (TPSA) is 68.4 Å². The van der Waals surface area contributed by atoms with Gasteiger partial charge in [0, 0.05) is 87.6 Å². The minimum absolute atomic E-state index is 0.0208. The van der Waals surface area contributed by atoms with Gasteiger partial charge in [-0.05, 0) is 73.6 Å². The van der Waals surface area contributed by atoms with Crippen LogP contribution in [-0.4, -0.2) is 71.6 Å². The number of nitriles is 1. The molecule has 2 aromatic carbocycles. The van der Waals surface area contributed by atoms with Crippen LogP contribution in [0.1, 0.15) is 53.1 Å². The van der Waals surface area contributed by atoms with Crippen molar-refractivity contribution in [3.63, 3.8) is 0 Å². The number of aryl methyl sites for hydroxylation is 1. The van der Waals surface area contributed by atoms with Gasteiger partial charge in [0.25, 0.3) is 5.91 Å². The first-order valence-electron chi connectivity index (χ1n) is 14.0. The van der Waals surface area contributed by atoms with Gasteiger partial charge in [0.1, 0.15) is 0 Å². The van der Waals surface area contributed by atoms with Crippen molar-refractivity contribution in [1.82, 2.24) is 19.4 Å². The summed E-state index contributed by atoms with van der Waals surface area (Å²) >= 11 is 0. The molecule has 7 heteroatoms. The Labute approximate surface area is 230 Å². The van der Waals surface area contributed by atoms with Gasteiger partial charge in [0.15, 0.2) is 0 Å². The fourth-order valence-corrected chi connectivity index (χ4v) is 6.69. The van der Waals surface area contributed by atoms with Gasteiger partial charge in [-0.2, -0.15) is 5.26 Å². The van der Waals surface area contributed by atoms with Crippen LogP contribution in [0.4, 0.5) is 5.69 Å². The molecule has 1 saturated heterocycles. The number of rotatable bonds is 4. The maximum absolute atomic E-state index is 12.8. The van der Waals surface area contributed by atoms with Gasteiger partial charge >= 0.3 is 0 Å². The van der Waals surface area contributed by atoms with E-state index in [-0.39, 0.29) is 5.91 Å². The number of piperazine rings is 1. The summed E-state index contributed by atoms with van der Waals surface area (Å²) in [5.74, 6) is 0.571. The van der Waals surface area contributed by atoms with E-state index in [0.717, 1.165) is 48.3 Å². The van der Waals surface area contributed by atoms with E-state index in [1.54, 1.807) is 19.0 Å². The Bertz CT molecular complexity index is 1570. The Kier molecular flexibility index (Phi) is 6.74. The summed E-state index contributed by atoms with van der Waals surface area (Å²) in [6, 6.07) is 16.9. The highest BCUT2D eigenvalue weighted by atomic mass is 16.2. The van der Waals surface area contributed by atoms with E-state index < -0.39 is 0 Å². The summed E-state index contributed by atoms with van der Waals surface area (Å²) in [6.07, 6.45) is 8.90. The van der Waals surface area contributed by atoms with Gasteiger partial charge in [0.2, 0.25) is 0 Å². The zero-order valence-electron chi connectivity index (χ0n) is 23.1. The Morgan fingerprint density at radius 3 is 2.51 bits per heavy atom. The molecule has 0 atom stereocenters. The molecule has 1 amide bonds. The average molecular weight is 521 g/mol. The van der Waals surface area contributed by atoms with Gasteiger partial charge in [-0.3, -0.25) is 14.7 Å². The minimum atomic E-state index is 0.0208. The second-order valence-electron chi connectivity index (χ2n) is 11.3. The first-order valence-corrected chi connectivity index (χ1v) is 14.0. The molecular formula is C32H36N6O. The van der Waals surface area contributed by atoms with E-state index in [9.17, 15) is 10.1 Å². The average Bonchev–Trinajstić information content (AvgIpc) is 3.31. The summed E-state index contributed by atoms with van der Waals surface area (Å²) in [7, 11) is 5.70. The molecule has 1 saturated carbocycles. The third kappa shape index (κ3) is 4.74. The fourth-order valence-electron chi connectivity index (χ4n) is 6.69. The maximum atomic E-state index is 12.8. The van der Waals surface area contributed by atoms with Gasteiger partial charge in [-0.25, -0.2) is 0 Å². The highest BCUT2D eigenvalue weighted by molar-refractivity contribution is 6.02. The molecule has 0 spiro atoms. The first kappa shape index (κ1) is 25.4. The Balaban J connectivity index is 1.13. The molecule has 0 bridgehead atoms. The number of carbonyl (C=O) groups is 1. The fraction of sp³-hybridized carbons (Fsp3) is 0.406. The van der Waals surface area contributed by atoms with Crippen molar-refractivity contribution in [3.8, 4) is 6.07 Å². The summed E-state index contributed by atoms with van der Waals surface area (Å²) in [6.45, 7) is 3.92. The predicted octanol–water partition coefficient (Wildman–Crippen LogP) is 5.15. The number of benzene rings is 2. The smallest absolute Gasteiger partial charge is 0.253 e. The number of anilines is 1. The highest BCUT2D eigenvalue weighted by Gasteiger charge is 2.31. The lowest BCUT2D eigenvalue weighted by Gasteiger charge is -2.43. The molecule has 0 radical (unpaired) electrons. The second kappa shape index (κ2) is 10.3. The van der Waals surface area contributed by atoms with E-state index in [0.29, 0.717) is 17.5 Å². The van der Waals surface area contributed by atoms with Crippen LogP contribution in [0, 0.1) is 11.3 Å². The van der Waals surface area contributed by atoms with Crippen LogP contribution in [0.15, 0.2) is 54.9 Å². The molecule has 0 unspecified atom stereocenters. The predicted molar refractivity (Wildman–Crippen MR) is 156 cm³/mol. The Morgan fingerprint density at radius 2 is 1.79 bits per heavy atom. The van der Waals surface area contributed by atoms with Crippen LogP contribution in [0.2, 0.25) is 0 Å². The maximum Gasteiger partial charge on any atom is 0.253 e. The lowest BCUT2D eigenvalue weighted by atomic mass is 9.81. The molecule has 2 aliphatic rings. The zero-order valence-corrected chi connectivity index (χ0v) is 23.1. The van der Waals surface area contributed by atoms with Gasteiger partial charge in [0.05, 0.1) is 22.8 Å². The molecule has 0 N–H and O–H groups in total. The lowest BCUT2D eigenvalue weighted by molar-refractivity contribution is 0.0827. The minimum Gasteiger partial charge on any atom is -0.367 e. The third-order valence-corrected chi connectivity index (χ3v) is 8.80. The van der Waals surface area contributed by atoms with Crippen molar-refractivity contribution in [3.05, 3.63) is 71.5 Å². The second-order valence-corrected chi connectivity index (χ2v) is 11.3. The summed E-state index contributed by atoms with van der Waals surface area (Å²) in [5.41, 5.74) is 6.10. The summed E-state index contributed by atoms with van der Waals surface area (Å²) in [4.78, 5) is 24.2. The summed E-state index contributed by atoms with van der Waals surface area (Å²) in [5, 5.41) is 11.7. The molecule has 4 aromatic rings. The Hall–Kier alpha value is -3.89. The summed E-state index contributed by atoms with van der Waals surface area (Å²) < 4.78 is 2.21. The van der Waals surface area contributed by atoms with Crippen LogP contribution in [0.5, 0.6) is 0 Å². The first-order chi connectivity index (χ1) is 18.9. The molecule has 2 aromatic heterocycles. The number of amides is 1. The number of fused-ring (bicyclic) bond motifs is 2. The number of hydrogen-bond donors (Lipinski definition) is 0. The van der Waals surface area contributed by atoms with E-state index in [4.69, 9.17) is 0 Å². The van der Waals surface area contributed by atoms with Crippen molar-refractivity contribution in [2.24, 2.45) is 7.05 Å². The van der Waals surface area contributed by atoms with Crippen molar-refractivity contribution >= 4 is 33.4 Å². The molecule has 1 aliphatic heterocycles. The number of carbonyl (C=O) groups excluding carboxylic acids is 1. The molecule has 7 nitrogen and oxygen atoms in total. The largest absolute Gasteiger partial charge is 0.367 e. The number of pyridine rings is 1. The molecule has 39 heavy (non-hydrogen) atoms. The van der Waals surface area contributed by atoms with Crippen molar-refractivity contribution in [2.75, 3.05) is 45.2 Å². The number of nitrogens with zero attached hydrogens (tertiary/aromatic N) is 6.